The van der Waals surface area contributed by atoms with E-state index in [2.05, 4.69) is 41.0 Å². The van der Waals surface area contributed by atoms with Crippen molar-refractivity contribution in [1.29, 1.82) is 0 Å². The molecule has 0 spiro atoms. The van der Waals surface area contributed by atoms with E-state index in [4.69, 9.17) is 10.5 Å². The van der Waals surface area contributed by atoms with E-state index in [0.717, 1.165) is 9.32 Å². The lowest BCUT2D eigenvalue weighted by Gasteiger charge is -2.18. The molecule has 2 N–H and O–H groups in total. The summed E-state index contributed by atoms with van der Waals surface area (Å²) in [6.45, 7) is 2.58. The van der Waals surface area contributed by atoms with Crippen LogP contribution < -0.4 is 10.5 Å². The lowest BCUT2D eigenvalue weighted by molar-refractivity contribution is 0.216. The molecule has 1 aromatic heterocycles. The Morgan fingerprint density at radius 2 is 2.12 bits per heavy atom. The first kappa shape index (κ1) is 12.9. The van der Waals surface area contributed by atoms with Crippen molar-refractivity contribution in [2.45, 2.75) is 13.0 Å². The van der Waals surface area contributed by atoms with Gasteiger partial charge in [-0.25, -0.2) is 0 Å². The molecule has 1 aromatic carbocycles. The van der Waals surface area contributed by atoms with E-state index in [1.165, 1.54) is 10.4 Å². The molecule has 1 heterocycles. The third-order valence-corrected chi connectivity index (χ3v) is 4.52. The van der Waals surface area contributed by atoms with E-state index in [0.29, 0.717) is 6.54 Å². The number of hydrogen-bond donors (Lipinski definition) is 1. The fourth-order valence-electron chi connectivity index (χ4n) is 1.62. The maximum Gasteiger partial charge on any atom is 0.145 e. The molecule has 0 saturated heterocycles. The van der Waals surface area contributed by atoms with Crippen molar-refractivity contribution in [2.75, 3.05) is 6.54 Å². The third kappa shape index (κ3) is 3.00. The number of ether oxygens (including phenoxy) is 1. The van der Waals surface area contributed by atoms with Gasteiger partial charge in [-0.1, -0.05) is 12.1 Å². The van der Waals surface area contributed by atoms with E-state index in [1.807, 2.05) is 24.3 Å². The van der Waals surface area contributed by atoms with E-state index < -0.39 is 0 Å². The summed E-state index contributed by atoms with van der Waals surface area (Å²) in [5.41, 5.74) is 7.06. The van der Waals surface area contributed by atoms with Gasteiger partial charge < -0.3 is 10.5 Å². The monoisotopic (exact) mass is 359 g/mol. The van der Waals surface area contributed by atoms with E-state index >= 15 is 0 Å². The molecule has 0 fully saturated rings. The highest BCUT2D eigenvalue weighted by molar-refractivity contribution is 14.1. The number of halogens is 1. The Kier molecular flexibility index (Phi) is 4.42. The Bertz CT molecular complexity index is 498. The number of hydrogen-bond acceptors (Lipinski definition) is 3. The van der Waals surface area contributed by atoms with E-state index in [-0.39, 0.29) is 6.10 Å². The van der Waals surface area contributed by atoms with E-state index in [1.54, 1.807) is 11.3 Å². The van der Waals surface area contributed by atoms with Crippen molar-refractivity contribution in [3.63, 3.8) is 0 Å². The molecule has 1 unspecified atom stereocenters. The Morgan fingerprint density at radius 3 is 2.71 bits per heavy atom. The van der Waals surface area contributed by atoms with E-state index in [9.17, 15) is 0 Å². The molecular formula is C13H14INOS. The van der Waals surface area contributed by atoms with Crippen molar-refractivity contribution in [3.8, 4) is 5.75 Å². The zero-order chi connectivity index (χ0) is 12.3. The normalized spacial score (nSPS) is 12.4. The fraction of sp³-hybridized carbons (Fsp3) is 0.231. The van der Waals surface area contributed by atoms with Gasteiger partial charge >= 0.3 is 0 Å². The van der Waals surface area contributed by atoms with Gasteiger partial charge in [-0.2, -0.15) is 0 Å². The van der Waals surface area contributed by atoms with Crippen molar-refractivity contribution in [2.24, 2.45) is 5.73 Å². The van der Waals surface area contributed by atoms with Crippen LogP contribution in [0.5, 0.6) is 5.75 Å². The SMILES string of the molecule is Cc1ccsc1C(CN)Oc1ccccc1I. The highest BCUT2D eigenvalue weighted by Gasteiger charge is 2.16. The minimum Gasteiger partial charge on any atom is -0.482 e. The van der Waals surface area contributed by atoms with Gasteiger partial charge in [-0.3, -0.25) is 0 Å². The molecule has 0 amide bonds. The molecular weight excluding hydrogens is 345 g/mol. The molecule has 2 aromatic rings. The van der Waals surface area contributed by atoms with Crippen LogP contribution >= 0.6 is 33.9 Å². The van der Waals surface area contributed by atoms with Gasteiger partial charge in [0.25, 0.3) is 0 Å². The molecule has 1 atom stereocenters. The average Bonchev–Trinajstić information content (AvgIpc) is 2.75. The number of nitrogens with two attached hydrogens (primary N) is 1. The summed E-state index contributed by atoms with van der Waals surface area (Å²) in [7, 11) is 0. The average molecular weight is 359 g/mol. The van der Waals surface area contributed by atoms with Gasteiger partial charge in [0.2, 0.25) is 0 Å². The predicted octanol–water partition coefficient (Wildman–Crippen LogP) is 3.74. The summed E-state index contributed by atoms with van der Waals surface area (Å²) in [6, 6.07) is 10.1. The minimum absolute atomic E-state index is 0.0501. The Morgan fingerprint density at radius 1 is 1.35 bits per heavy atom. The summed E-state index contributed by atoms with van der Waals surface area (Å²) >= 11 is 3.97. The summed E-state index contributed by atoms with van der Waals surface area (Å²) in [5.74, 6) is 0.899. The van der Waals surface area contributed by atoms with Crippen LogP contribution in [0.1, 0.15) is 16.5 Å². The number of thiophene rings is 1. The number of para-hydroxylation sites is 1. The second kappa shape index (κ2) is 5.84. The summed E-state index contributed by atoms with van der Waals surface area (Å²) in [5, 5.41) is 2.08. The molecule has 2 nitrogen and oxygen atoms in total. The third-order valence-electron chi connectivity index (χ3n) is 2.51. The first-order chi connectivity index (χ1) is 8.22. The van der Waals surface area contributed by atoms with Crippen LogP contribution in [-0.2, 0) is 0 Å². The number of aryl methyl sites for hydroxylation is 1. The highest BCUT2D eigenvalue weighted by Crippen LogP contribution is 2.30. The van der Waals surface area contributed by atoms with Crippen LogP contribution in [0.25, 0.3) is 0 Å². The zero-order valence-electron chi connectivity index (χ0n) is 9.52. The Balaban J connectivity index is 2.22. The second-order valence-electron chi connectivity index (χ2n) is 3.74. The molecule has 90 valence electrons. The maximum absolute atomic E-state index is 6.00. The second-order valence-corrected chi connectivity index (χ2v) is 5.85. The highest BCUT2D eigenvalue weighted by atomic mass is 127. The van der Waals surface area contributed by atoms with Crippen molar-refractivity contribution in [1.82, 2.24) is 0 Å². The molecule has 0 aliphatic rings. The van der Waals surface area contributed by atoms with Gasteiger partial charge in [0.05, 0.1) is 3.57 Å². The van der Waals surface area contributed by atoms with Gasteiger partial charge in [-0.05, 0) is 58.7 Å². The number of benzene rings is 1. The maximum atomic E-state index is 6.00. The van der Waals surface area contributed by atoms with Gasteiger partial charge in [-0.15, -0.1) is 11.3 Å². The van der Waals surface area contributed by atoms with Crippen LogP contribution in [-0.4, -0.2) is 6.54 Å². The summed E-state index contributed by atoms with van der Waals surface area (Å²) in [4.78, 5) is 1.21. The van der Waals surface area contributed by atoms with Gasteiger partial charge in [0.1, 0.15) is 11.9 Å². The summed E-state index contributed by atoms with van der Waals surface area (Å²) < 4.78 is 7.11. The van der Waals surface area contributed by atoms with Crippen molar-refractivity contribution in [3.05, 3.63) is 49.7 Å². The largest absolute Gasteiger partial charge is 0.482 e. The van der Waals surface area contributed by atoms with Crippen LogP contribution in [0.15, 0.2) is 35.7 Å². The quantitative estimate of drug-likeness (QED) is 0.845. The molecule has 0 aliphatic heterocycles. The Labute approximate surface area is 119 Å². The predicted molar refractivity (Wildman–Crippen MR) is 80.6 cm³/mol. The van der Waals surface area contributed by atoms with Crippen LogP contribution in [0.2, 0.25) is 0 Å². The van der Waals surface area contributed by atoms with Crippen molar-refractivity contribution >= 4 is 33.9 Å². The smallest absolute Gasteiger partial charge is 0.145 e. The van der Waals surface area contributed by atoms with Crippen LogP contribution in [0.3, 0.4) is 0 Å². The molecule has 0 saturated carbocycles. The zero-order valence-corrected chi connectivity index (χ0v) is 12.5. The molecule has 0 aliphatic carbocycles. The molecule has 4 heteroatoms. The molecule has 2 rings (SSSR count). The first-order valence-corrected chi connectivity index (χ1v) is 7.33. The minimum atomic E-state index is -0.0501. The van der Waals surface area contributed by atoms with Gasteiger partial charge in [0, 0.05) is 11.4 Å². The lowest BCUT2D eigenvalue weighted by atomic mass is 10.2. The first-order valence-electron chi connectivity index (χ1n) is 5.37. The molecule has 17 heavy (non-hydrogen) atoms. The Hall–Kier alpha value is -0.590. The van der Waals surface area contributed by atoms with Crippen molar-refractivity contribution < 1.29 is 4.74 Å². The van der Waals surface area contributed by atoms with Crippen LogP contribution in [0.4, 0.5) is 0 Å². The van der Waals surface area contributed by atoms with Gasteiger partial charge in [0.15, 0.2) is 0 Å². The van der Waals surface area contributed by atoms with Crippen LogP contribution in [0, 0.1) is 10.5 Å². The fourth-order valence-corrected chi connectivity index (χ4v) is 3.10. The molecule has 0 bridgehead atoms. The topological polar surface area (TPSA) is 35.2 Å². The lowest BCUT2D eigenvalue weighted by Crippen LogP contribution is -2.18. The molecule has 0 radical (unpaired) electrons. The standard InChI is InChI=1S/C13H14INOS/c1-9-6-7-17-13(9)12(8-15)16-11-5-3-2-4-10(11)14/h2-7,12H,8,15H2,1H3. The number of rotatable bonds is 4. The summed E-state index contributed by atoms with van der Waals surface area (Å²) in [6.07, 6.45) is -0.0501.